The molecule has 0 saturated carbocycles. The third-order valence-electron chi connectivity index (χ3n) is 5.86. The lowest BCUT2D eigenvalue weighted by Gasteiger charge is -2.20. The third kappa shape index (κ3) is 5.99. The predicted molar refractivity (Wildman–Crippen MR) is 141 cm³/mol. The summed E-state index contributed by atoms with van der Waals surface area (Å²) in [5.74, 6) is -2.44. The van der Waals surface area contributed by atoms with E-state index >= 15 is 0 Å². The monoisotopic (exact) mass is 594 g/mol. The van der Waals surface area contributed by atoms with E-state index in [1.807, 2.05) is 0 Å². The number of benzene rings is 2. The number of carbonyl (C=O) groups excluding carboxylic acids is 2. The maximum Gasteiger partial charge on any atom is 0.416 e. The Morgan fingerprint density at radius 1 is 1.20 bits per heavy atom. The number of methoxy groups -OCH3 is 1. The van der Waals surface area contributed by atoms with Gasteiger partial charge in [0.15, 0.2) is 10.8 Å². The third-order valence-corrected chi connectivity index (χ3v) is 7.55. The number of alkyl halides is 3. The molecule has 0 aliphatic rings. The number of halogens is 3. The first-order chi connectivity index (χ1) is 18.9. The van der Waals surface area contributed by atoms with E-state index < -0.39 is 58.4 Å². The normalized spacial score (nSPS) is 13.0. The van der Waals surface area contributed by atoms with E-state index in [0.29, 0.717) is 15.0 Å². The van der Waals surface area contributed by atoms with Gasteiger partial charge in [0, 0.05) is 39.3 Å². The van der Waals surface area contributed by atoms with Gasteiger partial charge in [-0.2, -0.15) is 13.2 Å². The smallest absolute Gasteiger partial charge is 0.416 e. The number of carbonyl (C=O) groups is 2. The number of imidazole rings is 1. The van der Waals surface area contributed by atoms with E-state index in [1.165, 1.54) is 54.1 Å². The minimum atomic E-state index is -4.75. The number of hydrogen-bond acceptors (Lipinski definition) is 8. The van der Waals surface area contributed by atoms with E-state index in [4.69, 9.17) is 0 Å². The lowest BCUT2D eigenvalue weighted by Crippen LogP contribution is -2.34. The van der Waals surface area contributed by atoms with Crippen LogP contribution in [-0.2, 0) is 32.9 Å². The van der Waals surface area contributed by atoms with Crippen molar-refractivity contribution in [3.8, 4) is 17.1 Å². The number of H-pyrrole nitrogens is 1. The number of amides is 1. The molecular formula is C25H21F3N4O6S2. The molecule has 15 heteroatoms. The summed E-state index contributed by atoms with van der Waals surface area (Å²) < 4.78 is 58.1. The Balaban J connectivity index is 1.78. The van der Waals surface area contributed by atoms with E-state index in [0.717, 1.165) is 24.5 Å². The van der Waals surface area contributed by atoms with Crippen LogP contribution in [0.15, 0.2) is 63.6 Å². The highest BCUT2D eigenvalue weighted by Crippen LogP contribution is 2.35. The summed E-state index contributed by atoms with van der Waals surface area (Å²) >= 11 is 0.855. The molecule has 10 nitrogen and oxygen atoms in total. The molecule has 210 valence electrons. The van der Waals surface area contributed by atoms with Crippen LogP contribution in [0.4, 0.5) is 18.3 Å². The largest absolute Gasteiger partial charge is 0.493 e. The zero-order valence-corrected chi connectivity index (χ0v) is 22.4. The first kappa shape index (κ1) is 28.8. The molecule has 0 saturated heterocycles. The van der Waals surface area contributed by atoms with Gasteiger partial charge in [0.1, 0.15) is 11.7 Å². The van der Waals surface area contributed by atoms with E-state index in [9.17, 15) is 36.9 Å². The van der Waals surface area contributed by atoms with Gasteiger partial charge >= 0.3 is 17.8 Å². The molecule has 2 heterocycles. The summed E-state index contributed by atoms with van der Waals surface area (Å²) in [4.78, 5) is 45.1. The van der Waals surface area contributed by atoms with Crippen molar-refractivity contribution >= 4 is 39.1 Å². The number of thiazole rings is 1. The number of aromatic nitrogens is 3. The average molecular weight is 595 g/mol. The Bertz CT molecular complexity index is 1640. The van der Waals surface area contributed by atoms with E-state index in [-0.39, 0.29) is 22.1 Å². The number of ether oxygens (including phenoxy) is 1. The van der Waals surface area contributed by atoms with Crippen molar-refractivity contribution in [3.05, 3.63) is 81.2 Å². The summed E-state index contributed by atoms with van der Waals surface area (Å²) in [5.41, 5.74) is -2.17. The number of aromatic hydroxyl groups is 1. The summed E-state index contributed by atoms with van der Waals surface area (Å²) in [6, 6.07) is 8.91. The minimum absolute atomic E-state index is 0.0778. The molecule has 4 rings (SSSR count). The Labute approximate surface area is 230 Å². The molecule has 2 atom stereocenters. The van der Waals surface area contributed by atoms with E-state index in [2.05, 4.69) is 20.0 Å². The summed E-state index contributed by atoms with van der Waals surface area (Å²) in [6.45, 7) is 0. The van der Waals surface area contributed by atoms with Gasteiger partial charge in [0.05, 0.1) is 12.7 Å². The van der Waals surface area contributed by atoms with Crippen molar-refractivity contribution in [2.45, 2.75) is 23.5 Å². The second-order valence-electron chi connectivity index (χ2n) is 8.37. The predicted octanol–water partition coefficient (Wildman–Crippen LogP) is 3.97. The Morgan fingerprint density at radius 3 is 2.50 bits per heavy atom. The standard InChI is InChI=1S/C25H21F3N4O6S2/c1-38-22(35)17-12-39-23(29-17)31-20(33)18(11-14-5-3-4-6-16(14)25(26,27)28)32-21(34)19(30-24(32)36)13-7-9-15(10-8-13)40(2)37/h3-10,12,18,34H,11H2,1-2H3,(H,30,36)(H,29,31,33)/t18-,40?/m0/s1. The van der Waals surface area contributed by atoms with Crippen LogP contribution in [0.2, 0.25) is 0 Å². The minimum Gasteiger partial charge on any atom is -0.493 e. The molecule has 4 aromatic rings. The molecule has 40 heavy (non-hydrogen) atoms. The number of anilines is 1. The van der Waals surface area contributed by atoms with Crippen LogP contribution >= 0.6 is 11.3 Å². The van der Waals surface area contributed by atoms with Gasteiger partial charge in [-0.05, 0) is 23.8 Å². The van der Waals surface area contributed by atoms with Crippen molar-refractivity contribution in [3.63, 3.8) is 0 Å². The Morgan fingerprint density at radius 2 is 1.88 bits per heavy atom. The summed E-state index contributed by atoms with van der Waals surface area (Å²) in [7, 11) is -0.143. The quantitative estimate of drug-likeness (QED) is 0.262. The van der Waals surface area contributed by atoms with Crippen LogP contribution < -0.4 is 11.0 Å². The molecule has 0 fully saturated rings. The molecule has 0 radical (unpaired) electrons. The fourth-order valence-electron chi connectivity index (χ4n) is 3.95. The molecule has 0 bridgehead atoms. The maximum absolute atomic E-state index is 13.7. The molecule has 0 spiro atoms. The van der Waals surface area contributed by atoms with Crippen LogP contribution in [0.1, 0.15) is 27.7 Å². The van der Waals surface area contributed by atoms with Crippen LogP contribution in [0.5, 0.6) is 5.88 Å². The fraction of sp³-hybridized carbons (Fsp3) is 0.200. The average Bonchev–Trinajstić information content (AvgIpc) is 3.50. The van der Waals surface area contributed by atoms with Crippen LogP contribution in [-0.4, -0.2) is 49.1 Å². The maximum atomic E-state index is 13.7. The zero-order valence-electron chi connectivity index (χ0n) is 20.8. The molecule has 2 aromatic carbocycles. The number of hydrogen-bond donors (Lipinski definition) is 3. The highest BCUT2D eigenvalue weighted by atomic mass is 32.2. The lowest BCUT2D eigenvalue weighted by molar-refractivity contribution is -0.138. The second-order valence-corrected chi connectivity index (χ2v) is 10.6. The first-order valence-electron chi connectivity index (χ1n) is 11.4. The van der Waals surface area contributed by atoms with Gasteiger partial charge in [-0.3, -0.25) is 9.00 Å². The van der Waals surface area contributed by atoms with Gasteiger partial charge in [0.2, 0.25) is 11.8 Å². The number of nitrogens with one attached hydrogen (secondary N) is 2. The number of esters is 1. The zero-order chi connectivity index (χ0) is 29.2. The SMILES string of the molecule is COC(=O)c1csc(NC(=O)[C@H](Cc2ccccc2C(F)(F)F)n2c(O)c(-c3ccc(S(C)=O)cc3)[nH]c2=O)n1. The highest BCUT2D eigenvalue weighted by molar-refractivity contribution is 7.84. The van der Waals surface area contributed by atoms with Gasteiger partial charge in [-0.15, -0.1) is 11.3 Å². The molecule has 1 amide bonds. The fourth-order valence-corrected chi connectivity index (χ4v) is 5.15. The topological polar surface area (TPSA) is 143 Å². The Kier molecular flexibility index (Phi) is 8.25. The van der Waals surface area contributed by atoms with Crippen molar-refractivity contribution in [2.75, 3.05) is 18.7 Å². The first-order valence-corrected chi connectivity index (χ1v) is 13.8. The highest BCUT2D eigenvalue weighted by Gasteiger charge is 2.36. The number of nitrogens with zero attached hydrogens (tertiary/aromatic N) is 2. The molecule has 3 N–H and O–H groups in total. The van der Waals surface area contributed by atoms with Crippen molar-refractivity contribution in [1.29, 1.82) is 0 Å². The lowest BCUT2D eigenvalue weighted by atomic mass is 9.99. The molecule has 1 unspecified atom stereocenters. The van der Waals surface area contributed by atoms with Crippen molar-refractivity contribution in [1.82, 2.24) is 14.5 Å². The number of rotatable bonds is 8. The molecular weight excluding hydrogens is 573 g/mol. The van der Waals surface area contributed by atoms with Gasteiger partial charge in [-0.25, -0.2) is 19.1 Å². The van der Waals surface area contributed by atoms with E-state index in [1.54, 1.807) is 0 Å². The second kappa shape index (κ2) is 11.5. The number of aromatic amines is 1. The van der Waals surface area contributed by atoms with Crippen LogP contribution in [0.25, 0.3) is 11.3 Å². The van der Waals surface area contributed by atoms with Crippen molar-refractivity contribution < 1.29 is 36.8 Å². The Hall–Kier alpha value is -4.24. The van der Waals surface area contributed by atoms with Crippen LogP contribution in [0.3, 0.4) is 0 Å². The van der Waals surface area contributed by atoms with Gasteiger partial charge < -0.3 is 20.1 Å². The van der Waals surface area contributed by atoms with Gasteiger partial charge in [0.25, 0.3) is 0 Å². The summed E-state index contributed by atoms with van der Waals surface area (Å²) in [6.07, 6.45) is -3.90. The molecule has 0 aliphatic heterocycles. The van der Waals surface area contributed by atoms with Crippen molar-refractivity contribution in [2.24, 2.45) is 0 Å². The van der Waals surface area contributed by atoms with Crippen LogP contribution in [0, 0.1) is 0 Å². The molecule has 0 aliphatic carbocycles. The molecule has 2 aromatic heterocycles. The summed E-state index contributed by atoms with van der Waals surface area (Å²) in [5, 5.41) is 14.7. The van der Waals surface area contributed by atoms with Gasteiger partial charge in [-0.1, -0.05) is 30.3 Å².